The predicted molar refractivity (Wildman–Crippen MR) is 95.5 cm³/mol. The van der Waals surface area contributed by atoms with Crippen LogP contribution in [-0.2, 0) is 6.54 Å². The van der Waals surface area contributed by atoms with Gasteiger partial charge in [0.05, 0.1) is 5.56 Å². The molecule has 0 aromatic heterocycles. The van der Waals surface area contributed by atoms with Crippen molar-refractivity contribution in [2.75, 3.05) is 23.3 Å². The van der Waals surface area contributed by atoms with E-state index in [4.69, 9.17) is 5.11 Å². The third-order valence-corrected chi connectivity index (χ3v) is 4.03. The second-order valence-electron chi connectivity index (χ2n) is 5.53. The monoisotopic (exact) mass is 312 g/mol. The number of nitrogens with one attached hydrogen (secondary N) is 1. The van der Waals surface area contributed by atoms with Crippen molar-refractivity contribution in [3.8, 4) is 0 Å². The van der Waals surface area contributed by atoms with E-state index in [-0.39, 0.29) is 0 Å². The first-order chi connectivity index (χ1) is 11.0. The molecule has 4 heteroatoms. The van der Waals surface area contributed by atoms with Gasteiger partial charge in [0.25, 0.3) is 0 Å². The van der Waals surface area contributed by atoms with Crippen molar-refractivity contribution in [3.05, 3.63) is 59.2 Å². The Hall–Kier alpha value is -2.49. The molecule has 0 aliphatic carbocycles. The molecule has 0 spiro atoms. The van der Waals surface area contributed by atoms with E-state index in [1.807, 2.05) is 13.0 Å². The van der Waals surface area contributed by atoms with E-state index in [0.717, 1.165) is 24.3 Å². The van der Waals surface area contributed by atoms with E-state index in [1.165, 1.54) is 11.3 Å². The summed E-state index contributed by atoms with van der Waals surface area (Å²) in [5, 5.41) is 12.4. The summed E-state index contributed by atoms with van der Waals surface area (Å²) < 4.78 is 0. The Morgan fingerprint density at radius 2 is 1.74 bits per heavy atom. The fourth-order valence-electron chi connectivity index (χ4n) is 2.56. The number of nitrogens with zero attached hydrogens (tertiary/aromatic N) is 1. The fraction of sp³-hybridized carbons (Fsp3) is 0.316. The van der Waals surface area contributed by atoms with Gasteiger partial charge >= 0.3 is 5.97 Å². The summed E-state index contributed by atoms with van der Waals surface area (Å²) >= 11 is 0. The molecular formula is C19H24N2O2. The summed E-state index contributed by atoms with van der Waals surface area (Å²) in [5.41, 5.74) is 4.59. The average molecular weight is 312 g/mol. The Labute approximate surface area is 137 Å². The Bertz CT molecular complexity index is 662. The van der Waals surface area contributed by atoms with Crippen molar-refractivity contribution in [1.82, 2.24) is 0 Å². The summed E-state index contributed by atoms with van der Waals surface area (Å²) in [6, 6.07) is 13.6. The van der Waals surface area contributed by atoms with Crippen molar-refractivity contribution in [2.45, 2.75) is 27.3 Å². The first-order valence-electron chi connectivity index (χ1n) is 7.96. The van der Waals surface area contributed by atoms with Crippen LogP contribution in [-0.4, -0.2) is 24.2 Å². The lowest BCUT2D eigenvalue weighted by atomic mass is 10.1. The zero-order valence-electron chi connectivity index (χ0n) is 14.0. The van der Waals surface area contributed by atoms with Crippen LogP contribution in [0.5, 0.6) is 0 Å². The van der Waals surface area contributed by atoms with Crippen molar-refractivity contribution < 1.29 is 9.90 Å². The zero-order valence-corrected chi connectivity index (χ0v) is 14.0. The summed E-state index contributed by atoms with van der Waals surface area (Å²) in [7, 11) is 0. The average Bonchev–Trinajstić information content (AvgIpc) is 2.56. The van der Waals surface area contributed by atoms with Crippen molar-refractivity contribution in [3.63, 3.8) is 0 Å². The van der Waals surface area contributed by atoms with E-state index in [0.29, 0.717) is 12.1 Å². The maximum absolute atomic E-state index is 11.1. The van der Waals surface area contributed by atoms with Crippen LogP contribution >= 0.6 is 0 Å². The van der Waals surface area contributed by atoms with E-state index in [1.54, 1.807) is 12.1 Å². The van der Waals surface area contributed by atoms with Gasteiger partial charge in [0, 0.05) is 31.0 Å². The molecule has 0 saturated carbocycles. The van der Waals surface area contributed by atoms with E-state index in [2.05, 4.69) is 48.3 Å². The minimum atomic E-state index is -0.906. The zero-order chi connectivity index (χ0) is 16.8. The van der Waals surface area contributed by atoms with Crippen LogP contribution in [0.2, 0.25) is 0 Å². The van der Waals surface area contributed by atoms with Gasteiger partial charge in [-0.25, -0.2) is 4.79 Å². The number of carboxylic acid groups (broad SMARTS) is 1. The highest BCUT2D eigenvalue weighted by atomic mass is 16.4. The van der Waals surface area contributed by atoms with Crippen LogP contribution in [0.4, 0.5) is 11.4 Å². The van der Waals surface area contributed by atoms with Crippen LogP contribution in [0, 0.1) is 6.92 Å². The Morgan fingerprint density at radius 1 is 1.09 bits per heavy atom. The number of aromatic carboxylic acids is 1. The maximum Gasteiger partial charge on any atom is 0.335 e. The van der Waals surface area contributed by atoms with Gasteiger partial charge < -0.3 is 15.3 Å². The third kappa shape index (κ3) is 4.25. The molecular weight excluding hydrogens is 288 g/mol. The second kappa shape index (κ2) is 7.68. The predicted octanol–water partition coefficient (Wildman–Crippen LogP) is 4.15. The number of hydrogen-bond acceptors (Lipinski definition) is 3. The molecule has 4 nitrogen and oxygen atoms in total. The normalized spacial score (nSPS) is 10.4. The number of carbonyl (C=O) groups is 1. The maximum atomic E-state index is 11.1. The molecule has 2 aromatic rings. The lowest BCUT2D eigenvalue weighted by molar-refractivity contribution is 0.0697. The number of carboxylic acids is 1. The van der Waals surface area contributed by atoms with Gasteiger partial charge in [-0.3, -0.25) is 0 Å². The minimum Gasteiger partial charge on any atom is -0.478 e. The standard InChI is InChI=1S/C19H24N2O2/c1-4-21(5-2)17-10-7-15(8-11-17)13-20-18-12-16(19(22)23)9-6-14(18)3/h6-12,20H,4-5,13H2,1-3H3,(H,22,23). The first kappa shape index (κ1) is 16.9. The molecule has 0 unspecified atom stereocenters. The summed E-state index contributed by atoms with van der Waals surface area (Å²) in [4.78, 5) is 13.4. The van der Waals surface area contributed by atoms with Gasteiger partial charge in [-0.15, -0.1) is 0 Å². The molecule has 0 saturated heterocycles. The summed E-state index contributed by atoms with van der Waals surface area (Å²) in [6.07, 6.45) is 0. The van der Waals surface area contributed by atoms with Gasteiger partial charge in [-0.1, -0.05) is 18.2 Å². The first-order valence-corrected chi connectivity index (χ1v) is 7.96. The lowest BCUT2D eigenvalue weighted by Gasteiger charge is -2.21. The quantitative estimate of drug-likeness (QED) is 0.806. The van der Waals surface area contributed by atoms with Gasteiger partial charge in [0.2, 0.25) is 0 Å². The van der Waals surface area contributed by atoms with Crippen molar-refractivity contribution in [1.29, 1.82) is 0 Å². The molecule has 0 aliphatic heterocycles. The van der Waals surface area contributed by atoms with E-state index < -0.39 is 5.97 Å². The van der Waals surface area contributed by atoms with E-state index >= 15 is 0 Å². The van der Waals surface area contributed by atoms with Crippen LogP contribution in [0.15, 0.2) is 42.5 Å². The molecule has 0 radical (unpaired) electrons. The number of hydrogen-bond donors (Lipinski definition) is 2. The smallest absolute Gasteiger partial charge is 0.335 e. The minimum absolute atomic E-state index is 0.301. The third-order valence-electron chi connectivity index (χ3n) is 4.03. The van der Waals surface area contributed by atoms with Crippen LogP contribution < -0.4 is 10.2 Å². The fourth-order valence-corrected chi connectivity index (χ4v) is 2.56. The highest BCUT2D eigenvalue weighted by molar-refractivity contribution is 5.89. The largest absolute Gasteiger partial charge is 0.478 e. The SMILES string of the molecule is CCN(CC)c1ccc(CNc2cc(C(=O)O)ccc2C)cc1. The molecule has 2 rings (SSSR count). The molecule has 0 heterocycles. The Kier molecular flexibility index (Phi) is 5.63. The highest BCUT2D eigenvalue weighted by Crippen LogP contribution is 2.19. The number of anilines is 2. The van der Waals surface area contributed by atoms with Crippen molar-refractivity contribution in [2.24, 2.45) is 0 Å². The Morgan fingerprint density at radius 3 is 2.30 bits per heavy atom. The van der Waals surface area contributed by atoms with Crippen molar-refractivity contribution >= 4 is 17.3 Å². The van der Waals surface area contributed by atoms with Crippen LogP contribution in [0.1, 0.15) is 35.3 Å². The van der Waals surface area contributed by atoms with Gasteiger partial charge in [-0.2, -0.15) is 0 Å². The van der Waals surface area contributed by atoms with Gasteiger partial charge in [0.1, 0.15) is 0 Å². The molecule has 0 bridgehead atoms. The topological polar surface area (TPSA) is 52.6 Å². The molecule has 122 valence electrons. The number of benzene rings is 2. The van der Waals surface area contributed by atoms with Gasteiger partial charge in [-0.05, 0) is 56.2 Å². The molecule has 0 aliphatic rings. The Balaban J connectivity index is 2.06. The second-order valence-corrected chi connectivity index (χ2v) is 5.53. The number of aryl methyl sites for hydroxylation is 1. The molecule has 2 aromatic carbocycles. The molecule has 23 heavy (non-hydrogen) atoms. The molecule has 2 N–H and O–H groups in total. The molecule has 0 atom stereocenters. The van der Waals surface area contributed by atoms with E-state index in [9.17, 15) is 4.79 Å². The summed E-state index contributed by atoms with van der Waals surface area (Å²) in [6.45, 7) is 8.93. The number of rotatable bonds is 7. The van der Waals surface area contributed by atoms with Gasteiger partial charge in [0.15, 0.2) is 0 Å². The highest BCUT2D eigenvalue weighted by Gasteiger charge is 2.06. The van der Waals surface area contributed by atoms with Crippen LogP contribution in [0.3, 0.4) is 0 Å². The lowest BCUT2D eigenvalue weighted by Crippen LogP contribution is -2.21. The molecule has 0 fully saturated rings. The molecule has 0 amide bonds. The summed E-state index contributed by atoms with van der Waals surface area (Å²) in [5.74, 6) is -0.906. The van der Waals surface area contributed by atoms with Crippen LogP contribution in [0.25, 0.3) is 0 Å².